The molecule has 0 aliphatic carbocycles. The monoisotopic (exact) mass is 257 g/mol. The Morgan fingerprint density at radius 2 is 1.88 bits per heavy atom. The lowest BCUT2D eigenvalue weighted by atomic mass is 9.81. The molecule has 0 amide bonds. The molecule has 1 unspecified atom stereocenters. The van der Waals surface area contributed by atoms with Gasteiger partial charge in [-0.1, -0.05) is 13.8 Å². The van der Waals surface area contributed by atoms with E-state index in [1.54, 1.807) is 13.8 Å². The highest BCUT2D eigenvalue weighted by Crippen LogP contribution is 2.27. The highest BCUT2D eigenvalue weighted by molar-refractivity contribution is 5.75. The van der Waals surface area contributed by atoms with E-state index < -0.39 is 30.8 Å². The smallest absolute Gasteiger partial charge is 0.411 e. The molecule has 0 saturated carbocycles. The number of carboxylic acids is 1. The number of carbonyl (C=O) groups is 1. The fraction of sp³-hybridized carbons (Fsp3) is 0.900. The first-order chi connectivity index (χ1) is 7.63. The molecule has 0 aromatic carbocycles. The minimum absolute atomic E-state index is 0.00383. The lowest BCUT2D eigenvalue weighted by Crippen LogP contribution is -2.44. The first-order valence-corrected chi connectivity index (χ1v) is 5.21. The summed E-state index contributed by atoms with van der Waals surface area (Å²) in [5.41, 5.74) is 3.92. The van der Waals surface area contributed by atoms with Crippen molar-refractivity contribution in [3.63, 3.8) is 0 Å². The normalized spacial score (nSPS) is 15.9. The van der Waals surface area contributed by atoms with Crippen molar-refractivity contribution >= 4 is 5.97 Å². The van der Waals surface area contributed by atoms with Gasteiger partial charge in [-0.2, -0.15) is 13.2 Å². The van der Waals surface area contributed by atoms with E-state index >= 15 is 0 Å². The maximum absolute atomic E-state index is 11.9. The molecule has 3 N–H and O–H groups in total. The van der Waals surface area contributed by atoms with Gasteiger partial charge in [0, 0.05) is 6.54 Å². The van der Waals surface area contributed by atoms with Crippen LogP contribution in [0.4, 0.5) is 13.2 Å². The number of hydrogen-bond acceptors (Lipinski definition) is 3. The molecule has 0 radical (unpaired) electrons. The topological polar surface area (TPSA) is 72.5 Å². The van der Waals surface area contributed by atoms with Crippen LogP contribution in [-0.2, 0) is 9.53 Å². The molecular formula is C10H18F3NO3. The molecule has 0 rings (SSSR count). The lowest BCUT2D eigenvalue weighted by molar-refractivity contribution is -0.186. The van der Waals surface area contributed by atoms with E-state index in [1.807, 2.05) is 0 Å². The molecule has 0 aromatic heterocycles. The number of nitrogens with two attached hydrogens (primary N) is 1. The Bertz CT molecular complexity index is 256. The summed E-state index contributed by atoms with van der Waals surface area (Å²) in [7, 11) is 0. The van der Waals surface area contributed by atoms with Gasteiger partial charge in [-0.15, -0.1) is 0 Å². The van der Waals surface area contributed by atoms with Gasteiger partial charge < -0.3 is 15.6 Å². The SMILES string of the molecule is CC(C)CC(CN)(COCC(F)(F)F)C(=O)O. The van der Waals surface area contributed by atoms with Crippen molar-refractivity contribution in [2.24, 2.45) is 17.1 Å². The first-order valence-electron chi connectivity index (χ1n) is 5.21. The largest absolute Gasteiger partial charge is 0.481 e. The molecular weight excluding hydrogens is 239 g/mol. The number of ether oxygens (including phenoxy) is 1. The second kappa shape index (κ2) is 6.20. The molecule has 0 aromatic rings. The molecule has 0 aliphatic heterocycles. The highest BCUT2D eigenvalue weighted by Gasteiger charge is 2.39. The van der Waals surface area contributed by atoms with Crippen LogP contribution in [0.25, 0.3) is 0 Å². The summed E-state index contributed by atoms with van der Waals surface area (Å²) in [6, 6.07) is 0. The van der Waals surface area contributed by atoms with Crippen molar-refractivity contribution in [2.45, 2.75) is 26.4 Å². The number of alkyl halides is 3. The Morgan fingerprint density at radius 3 is 2.18 bits per heavy atom. The van der Waals surface area contributed by atoms with E-state index in [0.29, 0.717) is 0 Å². The summed E-state index contributed by atoms with van der Waals surface area (Å²) >= 11 is 0. The molecule has 0 fully saturated rings. The van der Waals surface area contributed by atoms with Crippen molar-refractivity contribution in [3.05, 3.63) is 0 Å². The van der Waals surface area contributed by atoms with Gasteiger partial charge >= 0.3 is 12.1 Å². The van der Waals surface area contributed by atoms with Gasteiger partial charge in [0.2, 0.25) is 0 Å². The zero-order valence-corrected chi connectivity index (χ0v) is 9.88. The molecule has 4 nitrogen and oxygen atoms in total. The van der Waals surface area contributed by atoms with E-state index in [2.05, 4.69) is 4.74 Å². The Hall–Kier alpha value is -0.820. The maximum atomic E-state index is 11.9. The summed E-state index contributed by atoms with van der Waals surface area (Å²) in [5.74, 6) is -1.22. The zero-order chi connectivity index (χ0) is 13.7. The molecule has 7 heteroatoms. The van der Waals surface area contributed by atoms with Crippen molar-refractivity contribution in [1.82, 2.24) is 0 Å². The van der Waals surface area contributed by atoms with Gasteiger partial charge in [0.15, 0.2) is 0 Å². The average Bonchev–Trinajstić information content (AvgIpc) is 2.13. The van der Waals surface area contributed by atoms with Crippen molar-refractivity contribution in [3.8, 4) is 0 Å². The maximum Gasteiger partial charge on any atom is 0.411 e. The minimum Gasteiger partial charge on any atom is -0.481 e. The Balaban J connectivity index is 4.54. The molecule has 0 saturated heterocycles. The van der Waals surface area contributed by atoms with Crippen LogP contribution in [0.2, 0.25) is 0 Å². The first kappa shape index (κ1) is 16.2. The third kappa shape index (κ3) is 5.88. The van der Waals surface area contributed by atoms with Gasteiger partial charge in [-0.25, -0.2) is 0 Å². The van der Waals surface area contributed by atoms with Crippen molar-refractivity contribution in [2.75, 3.05) is 19.8 Å². The van der Waals surface area contributed by atoms with Crippen LogP contribution in [0.5, 0.6) is 0 Å². The summed E-state index contributed by atoms with van der Waals surface area (Å²) in [4.78, 5) is 11.1. The van der Waals surface area contributed by atoms with Gasteiger partial charge in [-0.3, -0.25) is 4.79 Å². The number of aliphatic carboxylic acids is 1. The van der Waals surface area contributed by atoms with E-state index in [0.717, 1.165) is 0 Å². The van der Waals surface area contributed by atoms with Crippen LogP contribution < -0.4 is 5.73 Å². The number of rotatable bonds is 7. The van der Waals surface area contributed by atoms with E-state index in [4.69, 9.17) is 10.8 Å². The number of hydrogen-bond donors (Lipinski definition) is 2. The van der Waals surface area contributed by atoms with Crippen LogP contribution in [0.3, 0.4) is 0 Å². The third-order valence-electron chi connectivity index (χ3n) is 2.29. The summed E-state index contributed by atoms with van der Waals surface area (Å²) in [5, 5.41) is 9.06. The van der Waals surface area contributed by atoms with Crippen LogP contribution in [0.15, 0.2) is 0 Å². The fourth-order valence-corrected chi connectivity index (χ4v) is 1.58. The summed E-state index contributed by atoms with van der Waals surface area (Å²) in [6.45, 7) is 1.31. The number of carboxylic acid groups (broad SMARTS) is 1. The number of halogens is 3. The predicted molar refractivity (Wildman–Crippen MR) is 55.5 cm³/mol. The molecule has 1 atom stereocenters. The quantitative estimate of drug-likeness (QED) is 0.727. The Morgan fingerprint density at radius 1 is 1.35 bits per heavy atom. The van der Waals surface area contributed by atoms with E-state index in [9.17, 15) is 18.0 Å². The molecule has 0 spiro atoms. The second-order valence-electron chi connectivity index (χ2n) is 4.50. The van der Waals surface area contributed by atoms with Crippen LogP contribution in [0.1, 0.15) is 20.3 Å². The molecule has 0 heterocycles. The van der Waals surface area contributed by atoms with E-state index in [-0.39, 0.29) is 18.9 Å². The summed E-state index contributed by atoms with van der Waals surface area (Å²) < 4.78 is 40.1. The van der Waals surface area contributed by atoms with Gasteiger partial charge in [-0.05, 0) is 12.3 Å². The van der Waals surface area contributed by atoms with Crippen LogP contribution in [-0.4, -0.2) is 37.0 Å². The van der Waals surface area contributed by atoms with Crippen LogP contribution in [0, 0.1) is 11.3 Å². The average molecular weight is 257 g/mol. The third-order valence-corrected chi connectivity index (χ3v) is 2.29. The molecule has 0 aliphatic rings. The van der Waals surface area contributed by atoms with Crippen molar-refractivity contribution in [1.29, 1.82) is 0 Å². The standard InChI is InChI=1S/C10H18F3NO3/c1-7(2)3-9(4-14,8(15)16)5-17-6-10(11,12)13/h7H,3-6,14H2,1-2H3,(H,15,16). The zero-order valence-electron chi connectivity index (χ0n) is 9.88. The van der Waals surface area contributed by atoms with Gasteiger partial charge in [0.25, 0.3) is 0 Å². The Kier molecular flexibility index (Phi) is 5.91. The van der Waals surface area contributed by atoms with Gasteiger partial charge in [0.05, 0.1) is 6.61 Å². The molecule has 17 heavy (non-hydrogen) atoms. The lowest BCUT2D eigenvalue weighted by Gasteiger charge is -2.29. The van der Waals surface area contributed by atoms with Crippen molar-refractivity contribution < 1.29 is 27.8 Å². The Labute approximate surface area is 97.9 Å². The van der Waals surface area contributed by atoms with E-state index in [1.165, 1.54) is 0 Å². The van der Waals surface area contributed by atoms with Gasteiger partial charge in [0.1, 0.15) is 12.0 Å². The molecule has 0 bridgehead atoms. The highest BCUT2D eigenvalue weighted by atomic mass is 19.4. The summed E-state index contributed by atoms with van der Waals surface area (Å²) in [6.07, 6.45) is -4.28. The fourth-order valence-electron chi connectivity index (χ4n) is 1.58. The minimum atomic E-state index is -4.46. The predicted octanol–water partition coefficient (Wildman–Crippen LogP) is 1.64. The molecule has 102 valence electrons. The second-order valence-corrected chi connectivity index (χ2v) is 4.50. The van der Waals surface area contributed by atoms with Crippen LogP contribution >= 0.6 is 0 Å².